The second-order valence-corrected chi connectivity index (χ2v) is 3.01. The van der Waals surface area contributed by atoms with Gasteiger partial charge in [0.15, 0.2) is 5.62 Å². The van der Waals surface area contributed by atoms with E-state index in [2.05, 4.69) is 0 Å². The number of carbonyl (C=O) groups excluding carboxylic acids is 1. The summed E-state index contributed by atoms with van der Waals surface area (Å²) in [6.07, 6.45) is 0. The van der Waals surface area contributed by atoms with Crippen LogP contribution >= 0.6 is 23.4 Å². The lowest BCUT2D eigenvalue weighted by Gasteiger charge is -1.92. The van der Waals surface area contributed by atoms with Gasteiger partial charge in [0, 0.05) is 9.92 Å². The summed E-state index contributed by atoms with van der Waals surface area (Å²) >= 11 is 6.78. The van der Waals surface area contributed by atoms with Crippen LogP contribution < -0.4 is 0 Å². The van der Waals surface area contributed by atoms with Crippen molar-refractivity contribution in [2.24, 2.45) is 0 Å². The molecule has 0 aromatic heterocycles. The number of carbonyl (C=O) groups is 1. The molecule has 0 unspecified atom stereocenters. The van der Waals surface area contributed by atoms with E-state index in [4.69, 9.17) is 11.6 Å². The Morgan fingerprint density at radius 1 is 1.50 bits per heavy atom. The lowest BCUT2D eigenvalue weighted by molar-refractivity contribution is 0.570. The largest absolute Gasteiger partial charge is 0.291 e. The summed E-state index contributed by atoms with van der Waals surface area (Å²) in [5, 5.41) is 0.659. The molecule has 1 aromatic rings. The third-order valence-electron chi connectivity index (χ3n) is 0.980. The van der Waals surface area contributed by atoms with E-state index in [-0.39, 0.29) is 0 Å². The van der Waals surface area contributed by atoms with Crippen molar-refractivity contribution in [1.29, 1.82) is 0 Å². The molecule has 52 valence electrons. The quantitative estimate of drug-likeness (QED) is 0.504. The number of halogens is 1. The molecule has 0 aliphatic rings. The molecule has 0 aliphatic carbocycles. The molecule has 0 bridgehead atoms. The Kier molecular flexibility index (Phi) is 2.78. The molecular formula is C7H5ClOS. The lowest BCUT2D eigenvalue weighted by atomic mass is 10.4. The topological polar surface area (TPSA) is 17.1 Å². The second kappa shape index (κ2) is 3.64. The van der Waals surface area contributed by atoms with Crippen LogP contribution in [0.4, 0.5) is 0 Å². The van der Waals surface area contributed by atoms with Crippen LogP contribution in [0.1, 0.15) is 0 Å². The van der Waals surface area contributed by atoms with Gasteiger partial charge in [-0.3, -0.25) is 4.79 Å². The number of thioether (sulfide) groups is 1. The summed E-state index contributed by atoms with van der Waals surface area (Å²) in [5.41, 5.74) is 0.783. The first kappa shape index (κ1) is 7.63. The predicted octanol–water partition coefficient (Wildman–Crippen LogP) is 2.62. The van der Waals surface area contributed by atoms with Gasteiger partial charge in [-0.2, -0.15) is 0 Å². The first-order valence-corrected chi connectivity index (χ1v) is 3.94. The van der Waals surface area contributed by atoms with E-state index in [0.717, 1.165) is 22.3 Å². The van der Waals surface area contributed by atoms with Crippen LogP contribution in [-0.4, -0.2) is 5.62 Å². The molecule has 3 heteroatoms. The van der Waals surface area contributed by atoms with Gasteiger partial charge in [-0.05, 0) is 18.2 Å². The van der Waals surface area contributed by atoms with Crippen LogP contribution in [-0.2, 0) is 4.79 Å². The van der Waals surface area contributed by atoms with Gasteiger partial charge in [-0.15, -0.1) is 0 Å². The van der Waals surface area contributed by atoms with E-state index in [1.807, 2.05) is 12.1 Å². The van der Waals surface area contributed by atoms with Gasteiger partial charge in [0.1, 0.15) is 0 Å². The van der Waals surface area contributed by atoms with E-state index >= 15 is 0 Å². The van der Waals surface area contributed by atoms with Crippen LogP contribution in [0.3, 0.4) is 0 Å². The van der Waals surface area contributed by atoms with Crippen molar-refractivity contribution in [3.05, 3.63) is 29.3 Å². The van der Waals surface area contributed by atoms with Crippen molar-refractivity contribution in [1.82, 2.24) is 0 Å². The van der Waals surface area contributed by atoms with Gasteiger partial charge < -0.3 is 0 Å². The fraction of sp³-hybridized carbons (Fsp3) is 0. The van der Waals surface area contributed by atoms with Gasteiger partial charge in [0.25, 0.3) is 0 Å². The van der Waals surface area contributed by atoms with E-state index < -0.39 is 0 Å². The SMILES string of the molecule is O=CSc1cccc(Cl)c1. The highest BCUT2D eigenvalue weighted by molar-refractivity contribution is 8.11. The smallest absolute Gasteiger partial charge is 0.180 e. The standard InChI is InChI=1S/C7H5ClOS/c8-6-2-1-3-7(4-6)10-5-9/h1-5H. The average Bonchev–Trinajstić information content (AvgIpc) is 1.88. The molecule has 0 radical (unpaired) electrons. The highest BCUT2D eigenvalue weighted by Crippen LogP contribution is 2.18. The zero-order chi connectivity index (χ0) is 7.40. The Labute approximate surface area is 68.4 Å². The Morgan fingerprint density at radius 2 is 2.30 bits per heavy atom. The summed E-state index contributed by atoms with van der Waals surface area (Å²) in [6, 6.07) is 7.18. The number of hydrogen-bond acceptors (Lipinski definition) is 2. The third-order valence-corrected chi connectivity index (χ3v) is 1.84. The fourth-order valence-corrected chi connectivity index (χ4v) is 1.31. The number of benzene rings is 1. The maximum Gasteiger partial charge on any atom is 0.180 e. The molecule has 0 saturated carbocycles. The molecule has 0 heterocycles. The first-order chi connectivity index (χ1) is 4.83. The van der Waals surface area contributed by atoms with E-state index in [1.54, 1.807) is 12.1 Å². The van der Waals surface area contributed by atoms with Crippen molar-refractivity contribution in [2.75, 3.05) is 0 Å². The molecule has 1 rings (SSSR count). The van der Waals surface area contributed by atoms with E-state index in [9.17, 15) is 4.79 Å². The first-order valence-electron chi connectivity index (χ1n) is 2.69. The fourth-order valence-electron chi connectivity index (χ4n) is 0.596. The lowest BCUT2D eigenvalue weighted by Crippen LogP contribution is -1.69. The highest BCUT2D eigenvalue weighted by atomic mass is 35.5. The maximum absolute atomic E-state index is 10.0. The van der Waals surface area contributed by atoms with Crippen molar-refractivity contribution in [3.63, 3.8) is 0 Å². The van der Waals surface area contributed by atoms with Gasteiger partial charge in [0.05, 0.1) is 0 Å². The Bertz CT molecular complexity index is 237. The zero-order valence-electron chi connectivity index (χ0n) is 5.08. The van der Waals surface area contributed by atoms with Crippen LogP contribution in [0.2, 0.25) is 5.02 Å². The van der Waals surface area contributed by atoms with Gasteiger partial charge in [-0.1, -0.05) is 29.4 Å². The van der Waals surface area contributed by atoms with Crippen molar-refractivity contribution < 1.29 is 4.79 Å². The third kappa shape index (κ3) is 2.05. The van der Waals surface area contributed by atoms with Crippen molar-refractivity contribution in [2.45, 2.75) is 4.90 Å². The molecule has 0 atom stereocenters. The number of rotatable bonds is 2. The zero-order valence-corrected chi connectivity index (χ0v) is 6.65. The normalized spacial score (nSPS) is 9.30. The molecule has 0 saturated heterocycles. The predicted molar refractivity (Wildman–Crippen MR) is 44.1 cm³/mol. The van der Waals surface area contributed by atoms with Gasteiger partial charge >= 0.3 is 0 Å². The second-order valence-electron chi connectivity index (χ2n) is 1.67. The number of hydrogen-bond donors (Lipinski definition) is 0. The molecule has 10 heavy (non-hydrogen) atoms. The minimum absolute atomic E-state index is 0.659. The monoisotopic (exact) mass is 172 g/mol. The summed E-state index contributed by atoms with van der Waals surface area (Å²) < 4.78 is 0. The van der Waals surface area contributed by atoms with Crippen LogP contribution in [0.25, 0.3) is 0 Å². The Balaban J connectivity index is 2.84. The van der Waals surface area contributed by atoms with Crippen LogP contribution in [0.15, 0.2) is 29.2 Å². The van der Waals surface area contributed by atoms with E-state index in [1.165, 1.54) is 0 Å². The molecule has 0 spiro atoms. The van der Waals surface area contributed by atoms with Crippen molar-refractivity contribution >= 4 is 29.0 Å². The molecule has 1 nitrogen and oxygen atoms in total. The molecule has 0 fully saturated rings. The summed E-state index contributed by atoms with van der Waals surface area (Å²) in [4.78, 5) is 10.9. The van der Waals surface area contributed by atoms with Crippen LogP contribution in [0.5, 0.6) is 0 Å². The summed E-state index contributed by atoms with van der Waals surface area (Å²) in [5.74, 6) is 0. The maximum atomic E-state index is 10.0. The van der Waals surface area contributed by atoms with Crippen molar-refractivity contribution in [3.8, 4) is 0 Å². The Morgan fingerprint density at radius 3 is 2.90 bits per heavy atom. The average molecular weight is 173 g/mol. The van der Waals surface area contributed by atoms with E-state index in [0.29, 0.717) is 5.02 Å². The van der Waals surface area contributed by atoms with Gasteiger partial charge in [-0.25, -0.2) is 0 Å². The minimum atomic E-state index is 0.659. The molecule has 0 amide bonds. The highest BCUT2D eigenvalue weighted by Gasteiger charge is 1.91. The molecular weight excluding hydrogens is 168 g/mol. The minimum Gasteiger partial charge on any atom is -0.291 e. The van der Waals surface area contributed by atoms with Crippen LogP contribution in [0, 0.1) is 0 Å². The molecule has 0 N–H and O–H groups in total. The summed E-state index contributed by atoms with van der Waals surface area (Å²) in [6.45, 7) is 0. The summed E-state index contributed by atoms with van der Waals surface area (Å²) in [7, 11) is 0. The Hall–Kier alpha value is -0.470. The molecule has 1 aromatic carbocycles. The molecule has 0 aliphatic heterocycles. The van der Waals surface area contributed by atoms with Gasteiger partial charge in [0.2, 0.25) is 0 Å².